The number of esters is 1. The molecule has 1 aliphatic carbocycles. The van der Waals surface area contributed by atoms with Crippen molar-refractivity contribution in [3.63, 3.8) is 0 Å². The van der Waals surface area contributed by atoms with Crippen LogP contribution in [0.15, 0.2) is 0 Å². The van der Waals surface area contributed by atoms with Gasteiger partial charge in [0, 0.05) is 12.3 Å². The molecule has 2 aliphatic heterocycles. The van der Waals surface area contributed by atoms with E-state index in [1.807, 2.05) is 6.92 Å². The molecule has 3 atom stereocenters. The van der Waals surface area contributed by atoms with E-state index < -0.39 is 0 Å². The molecular formula is C10H16O2. The molecule has 1 saturated carbocycles. The second kappa shape index (κ2) is 2.24. The Balaban J connectivity index is 2.23. The molecule has 3 aliphatic rings. The van der Waals surface area contributed by atoms with Gasteiger partial charge in [-0.25, -0.2) is 0 Å². The molecular weight excluding hydrogens is 152 g/mol. The second-order valence-corrected chi connectivity index (χ2v) is 4.76. The third-order valence-electron chi connectivity index (χ3n) is 3.84. The molecule has 12 heavy (non-hydrogen) atoms. The van der Waals surface area contributed by atoms with Crippen molar-refractivity contribution in [2.45, 2.75) is 39.7 Å². The van der Waals surface area contributed by atoms with Gasteiger partial charge in [-0.15, -0.1) is 0 Å². The van der Waals surface area contributed by atoms with Crippen molar-refractivity contribution in [1.82, 2.24) is 0 Å². The summed E-state index contributed by atoms with van der Waals surface area (Å²) in [5, 5.41) is 0. The molecule has 0 aromatic carbocycles. The van der Waals surface area contributed by atoms with Gasteiger partial charge in [-0.05, 0) is 24.7 Å². The van der Waals surface area contributed by atoms with Crippen LogP contribution in [0.4, 0.5) is 0 Å². The Morgan fingerprint density at radius 3 is 2.75 bits per heavy atom. The Morgan fingerprint density at radius 2 is 2.17 bits per heavy atom. The summed E-state index contributed by atoms with van der Waals surface area (Å²) in [7, 11) is 0. The molecule has 0 unspecified atom stereocenters. The van der Waals surface area contributed by atoms with Crippen molar-refractivity contribution in [3.8, 4) is 0 Å². The Labute approximate surface area is 73.3 Å². The van der Waals surface area contributed by atoms with Crippen molar-refractivity contribution >= 4 is 5.97 Å². The number of rotatable bonds is 0. The molecule has 2 nitrogen and oxygen atoms in total. The zero-order valence-corrected chi connectivity index (χ0v) is 7.96. The van der Waals surface area contributed by atoms with Crippen molar-refractivity contribution in [3.05, 3.63) is 0 Å². The minimum Gasteiger partial charge on any atom is -0.462 e. The summed E-state index contributed by atoms with van der Waals surface area (Å²) in [5.74, 6) is 1.16. The summed E-state index contributed by atoms with van der Waals surface area (Å²) >= 11 is 0. The van der Waals surface area contributed by atoms with Crippen LogP contribution in [0.1, 0.15) is 33.6 Å². The molecule has 68 valence electrons. The maximum atomic E-state index is 11.2. The fraction of sp³-hybridized carbons (Fsp3) is 0.900. The Hall–Kier alpha value is -0.530. The van der Waals surface area contributed by atoms with Crippen molar-refractivity contribution in [2.75, 3.05) is 0 Å². The molecule has 2 heterocycles. The second-order valence-electron chi connectivity index (χ2n) is 4.76. The summed E-state index contributed by atoms with van der Waals surface area (Å²) in [5.41, 5.74) is 0.325. The number of fused-ring (bicyclic) bond motifs is 3. The zero-order chi connectivity index (χ0) is 8.93. The molecule has 0 spiro atoms. The van der Waals surface area contributed by atoms with E-state index in [-0.39, 0.29) is 12.1 Å². The summed E-state index contributed by atoms with van der Waals surface area (Å²) in [6, 6.07) is 0. The first-order valence-electron chi connectivity index (χ1n) is 4.71. The van der Waals surface area contributed by atoms with Crippen LogP contribution in [0.25, 0.3) is 0 Å². The number of hydrogen-bond acceptors (Lipinski definition) is 2. The Morgan fingerprint density at radius 1 is 1.50 bits per heavy atom. The number of carbonyl (C=O) groups excluding carboxylic acids is 1. The Bertz CT molecular complexity index is 220. The van der Waals surface area contributed by atoms with Crippen molar-refractivity contribution < 1.29 is 9.53 Å². The highest BCUT2D eigenvalue weighted by Gasteiger charge is 2.54. The van der Waals surface area contributed by atoms with Crippen LogP contribution < -0.4 is 0 Å². The molecule has 0 radical (unpaired) electrons. The third kappa shape index (κ3) is 0.900. The van der Waals surface area contributed by atoms with Crippen LogP contribution in [-0.4, -0.2) is 12.1 Å². The maximum Gasteiger partial charge on any atom is 0.306 e. The van der Waals surface area contributed by atoms with E-state index in [4.69, 9.17) is 4.74 Å². The molecule has 0 N–H and O–H groups in total. The lowest BCUT2D eigenvalue weighted by Crippen LogP contribution is -2.47. The SMILES string of the molecule is C[C@@H]1OC(=O)C[C@@H]2C[C@H]1C2(C)C. The highest BCUT2D eigenvalue weighted by atomic mass is 16.5. The summed E-state index contributed by atoms with van der Waals surface area (Å²) in [6.45, 7) is 6.53. The highest BCUT2D eigenvalue weighted by molar-refractivity contribution is 5.71. The molecule has 2 saturated heterocycles. The van der Waals surface area contributed by atoms with Gasteiger partial charge in [-0.1, -0.05) is 13.8 Å². The molecule has 3 rings (SSSR count). The number of hydrogen-bond donors (Lipinski definition) is 0. The lowest BCUT2D eigenvalue weighted by atomic mass is 9.53. The van der Waals surface area contributed by atoms with Crippen molar-refractivity contribution in [2.24, 2.45) is 17.3 Å². The van der Waals surface area contributed by atoms with Crippen LogP contribution in [-0.2, 0) is 9.53 Å². The van der Waals surface area contributed by atoms with Crippen LogP contribution in [0.5, 0.6) is 0 Å². The van der Waals surface area contributed by atoms with Crippen LogP contribution >= 0.6 is 0 Å². The standard InChI is InChI=1S/C10H16O2/c1-6-8-4-7(10(8,2)3)5-9(11)12-6/h6-8H,4-5H2,1-3H3/t6-,7-,8+/m0/s1. The van der Waals surface area contributed by atoms with E-state index in [9.17, 15) is 4.79 Å². The molecule has 2 bridgehead atoms. The van der Waals surface area contributed by atoms with Crippen LogP contribution in [0.2, 0.25) is 0 Å². The lowest BCUT2D eigenvalue weighted by molar-refractivity contribution is -0.148. The van der Waals surface area contributed by atoms with Gasteiger partial charge < -0.3 is 4.74 Å². The molecule has 3 fully saturated rings. The predicted molar refractivity (Wildman–Crippen MR) is 45.5 cm³/mol. The van der Waals surface area contributed by atoms with Gasteiger partial charge in [-0.3, -0.25) is 4.79 Å². The van der Waals surface area contributed by atoms with Gasteiger partial charge >= 0.3 is 5.97 Å². The van der Waals surface area contributed by atoms with Crippen molar-refractivity contribution in [1.29, 1.82) is 0 Å². The summed E-state index contributed by atoms with van der Waals surface area (Å²) in [4.78, 5) is 11.2. The highest BCUT2D eigenvalue weighted by Crippen LogP contribution is 2.56. The van der Waals surface area contributed by atoms with E-state index in [1.165, 1.54) is 6.42 Å². The minimum atomic E-state index is 0.000532. The molecule has 0 aromatic rings. The van der Waals surface area contributed by atoms with E-state index in [2.05, 4.69) is 13.8 Å². The van der Waals surface area contributed by atoms with E-state index in [1.54, 1.807) is 0 Å². The van der Waals surface area contributed by atoms with Gasteiger partial charge in [0.2, 0.25) is 0 Å². The average molecular weight is 168 g/mol. The normalized spacial score (nSPS) is 44.2. The number of ether oxygens (including phenoxy) is 1. The lowest BCUT2D eigenvalue weighted by Gasteiger charge is -2.51. The predicted octanol–water partition coefficient (Wildman–Crippen LogP) is 1.98. The van der Waals surface area contributed by atoms with E-state index in [0.29, 0.717) is 23.7 Å². The van der Waals surface area contributed by atoms with Crippen LogP contribution in [0.3, 0.4) is 0 Å². The topological polar surface area (TPSA) is 26.3 Å². The first-order valence-corrected chi connectivity index (χ1v) is 4.71. The minimum absolute atomic E-state index is 0.000532. The largest absolute Gasteiger partial charge is 0.462 e. The average Bonchev–Trinajstić information content (AvgIpc) is 2.14. The summed E-state index contributed by atoms with van der Waals surface area (Å²) in [6.07, 6.45) is 1.94. The van der Waals surface area contributed by atoms with Gasteiger partial charge in [-0.2, -0.15) is 0 Å². The fourth-order valence-electron chi connectivity index (χ4n) is 2.74. The molecule has 0 amide bonds. The van der Waals surface area contributed by atoms with Gasteiger partial charge in [0.15, 0.2) is 0 Å². The molecule has 2 heteroatoms. The van der Waals surface area contributed by atoms with Gasteiger partial charge in [0.25, 0.3) is 0 Å². The van der Waals surface area contributed by atoms with E-state index >= 15 is 0 Å². The number of carbonyl (C=O) groups is 1. The molecule has 0 aromatic heterocycles. The Kier molecular flexibility index (Phi) is 1.51. The first kappa shape index (κ1) is 8.09. The quantitative estimate of drug-likeness (QED) is 0.517. The van der Waals surface area contributed by atoms with Gasteiger partial charge in [0.05, 0.1) is 0 Å². The van der Waals surface area contributed by atoms with Gasteiger partial charge in [0.1, 0.15) is 6.10 Å². The fourth-order valence-corrected chi connectivity index (χ4v) is 2.74. The monoisotopic (exact) mass is 168 g/mol. The zero-order valence-electron chi connectivity index (χ0n) is 7.96. The third-order valence-corrected chi connectivity index (χ3v) is 3.84. The maximum absolute atomic E-state index is 11.2. The van der Waals surface area contributed by atoms with E-state index in [0.717, 1.165) is 0 Å². The summed E-state index contributed by atoms with van der Waals surface area (Å²) < 4.78 is 5.26. The van der Waals surface area contributed by atoms with Crippen LogP contribution in [0, 0.1) is 17.3 Å². The first-order chi connectivity index (χ1) is 5.51. The smallest absolute Gasteiger partial charge is 0.306 e.